The topological polar surface area (TPSA) is 79.0 Å². The minimum atomic E-state index is -0.550. The minimum absolute atomic E-state index is 0.127. The summed E-state index contributed by atoms with van der Waals surface area (Å²) in [5.41, 5.74) is 0.884. The van der Waals surface area contributed by atoms with Gasteiger partial charge in [0.25, 0.3) is 0 Å². The lowest BCUT2D eigenvalue weighted by Crippen LogP contribution is -2.37. The van der Waals surface area contributed by atoms with Crippen molar-refractivity contribution in [2.75, 3.05) is 11.9 Å². The minimum Gasteiger partial charge on any atom is -0.444 e. The third kappa shape index (κ3) is 5.24. The van der Waals surface area contributed by atoms with Crippen LogP contribution < -0.4 is 5.32 Å². The van der Waals surface area contributed by atoms with Crippen LogP contribution in [0, 0.1) is 0 Å². The fourth-order valence-electron chi connectivity index (χ4n) is 1.78. The molecule has 1 N–H and O–H groups in total. The number of amides is 3. The SMILES string of the molecule is O=C(CBr)NCC(=O)N1C=CN(C(=O)OCc2ccccc2)C=C1. The summed E-state index contributed by atoms with van der Waals surface area (Å²) in [7, 11) is 0. The number of hydrogen-bond donors (Lipinski definition) is 1. The number of halogens is 1. The van der Waals surface area contributed by atoms with Gasteiger partial charge in [-0.25, -0.2) is 4.79 Å². The van der Waals surface area contributed by atoms with Crippen LogP contribution in [-0.2, 0) is 20.9 Å². The van der Waals surface area contributed by atoms with Crippen LogP contribution >= 0.6 is 15.9 Å². The molecule has 1 aromatic carbocycles. The molecule has 0 spiro atoms. The first kappa shape index (κ1) is 17.7. The zero-order chi connectivity index (χ0) is 17.4. The molecule has 0 fully saturated rings. The van der Waals surface area contributed by atoms with E-state index in [0.717, 1.165) is 5.56 Å². The molecule has 24 heavy (non-hydrogen) atoms. The molecule has 2 rings (SSSR count). The van der Waals surface area contributed by atoms with Gasteiger partial charge in [0.2, 0.25) is 11.8 Å². The van der Waals surface area contributed by atoms with Gasteiger partial charge in [0.15, 0.2) is 0 Å². The second kappa shape index (κ2) is 8.88. The van der Waals surface area contributed by atoms with E-state index in [0.29, 0.717) is 0 Å². The van der Waals surface area contributed by atoms with Gasteiger partial charge in [0, 0.05) is 24.8 Å². The number of carbonyl (C=O) groups excluding carboxylic acids is 3. The predicted molar refractivity (Wildman–Crippen MR) is 90.4 cm³/mol. The lowest BCUT2D eigenvalue weighted by Gasteiger charge is -2.22. The van der Waals surface area contributed by atoms with E-state index in [9.17, 15) is 14.4 Å². The summed E-state index contributed by atoms with van der Waals surface area (Å²) in [5.74, 6) is -0.603. The number of alkyl halides is 1. The summed E-state index contributed by atoms with van der Waals surface area (Å²) in [6.45, 7) is 0.0383. The second-order valence-corrected chi connectivity index (χ2v) is 5.32. The summed E-state index contributed by atoms with van der Waals surface area (Å²) in [5, 5.41) is 2.58. The van der Waals surface area contributed by atoms with Crippen LogP contribution in [0.4, 0.5) is 4.79 Å². The van der Waals surface area contributed by atoms with E-state index >= 15 is 0 Å². The molecule has 0 atom stereocenters. The number of benzene rings is 1. The number of rotatable bonds is 5. The standard InChI is InChI=1S/C16H16BrN3O4/c17-10-14(21)18-11-15(22)19-6-8-20(9-7-19)16(23)24-12-13-4-2-1-3-5-13/h1-9H,10-12H2,(H,18,21). The molecule has 1 aliphatic heterocycles. The highest BCUT2D eigenvalue weighted by molar-refractivity contribution is 9.09. The molecule has 1 aliphatic rings. The van der Waals surface area contributed by atoms with Crippen molar-refractivity contribution < 1.29 is 19.1 Å². The summed E-state index contributed by atoms with van der Waals surface area (Å²) in [6, 6.07) is 9.32. The predicted octanol–water partition coefficient (Wildman–Crippen LogP) is 1.92. The van der Waals surface area contributed by atoms with E-state index < -0.39 is 6.09 Å². The van der Waals surface area contributed by atoms with Gasteiger partial charge < -0.3 is 10.1 Å². The molecule has 0 aromatic heterocycles. The number of nitrogens with one attached hydrogen (secondary N) is 1. The highest BCUT2D eigenvalue weighted by atomic mass is 79.9. The summed E-state index contributed by atoms with van der Waals surface area (Å²) in [4.78, 5) is 37.4. The molecule has 0 bridgehead atoms. The van der Waals surface area contributed by atoms with Crippen molar-refractivity contribution in [3.05, 3.63) is 60.7 Å². The molecular formula is C16H16BrN3O4. The largest absolute Gasteiger partial charge is 0.444 e. The van der Waals surface area contributed by atoms with E-state index in [-0.39, 0.29) is 30.3 Å². The lowest BCUT2D eigenvalue weighted by molar-refractivity contribution is -0.128. The van der Waals surface area contributed by atoms with E-state index in [2.05, 4.69) is 21.2 Å². The number of ether oxygens (including phenoxy) is 1. The van der Waals surface area contributed by atoms with Gasteiger partial charge in [0.1, 0.15) is 6.61 Å². The smallest absolute Gasteiger partial charge is 0.418 e. The Morgan fingerprint density at radius 1 is 1.00 bits per heavy atom. The second-order valence-electron chi connectivity index (χ2n) is 4.76. The number of nitrogens with zero attached hydrogens (tertiary/aromatic N) is 2. The van der Waals surface area contributed by atoms with E-state index in [1.807, 2.05) is 30.3 Å². The van der Waals surface area contributed by atoms with Crippen LogP contribution in [0.5, 0.6) is 0 Å². The van der Waals surface area contributed by atoms with E-state index in [1.165, 1.54) is 34.6 Å². The number of hydrogen-bond acceptors (Lipinski definition) is 4. The summed E-state index contributed by atoms with van der Waals surface area (Å²) >= 11 is 2.99. The molecule has 0 saturated carbocycles. The molecule has 7 nitrogen and oxygen atoms in total. The van der Waals surface area contributed by atoms with E-state index in [1.54, 1.807) is 0 Å². The van der Waals surface area contributed by atoms with Crippen LogP contribution in [0.1, 0.15) is 5.56 Å². The average Bonchev–Trinajstić information content (AvgIpc) is 2.64. The van der Waals surface area contributed by atoms with Crippen LogP contribution in [0.2, 0.25) is 0 Å². The van der Waals surface area contributed by atoms with Crippen LogP contribution in [-0.4, -0.2) is 39.6 Å². The molecule has 1 aromatic rings. The van der Waals surface area contributed by atoms with Crippen LogP contribution in [0.25, 0.3) is 0 Å². The van der Waals surface area contributed by atoms with Crippen molar-refractivity contribution in [3.63, 3.8) is 0 Å². The summed E-state index contributed by atoms with van der Waals surface area (Å²) < 4.78 is 5.18. The Balaban J connectivity index is 1.79. The highest BCUT2D eigenvalue weighted by Gasteiger charge is 2.17. The molecule has 8 heteroatoms. The maximum absolute atomic E-state index is 11.9. The highest BCUT2D eigenvalue weighted by Crippen LogP contribution is 2.09. The molecule has 126 valence electrons. The fourth-order valence-corrected chi connectivity index (χ4v) is 1.98. The van der Waals surface area contributed by atoms with Crippen molar-refractivity contribution in [3.8, 4) is 0 Å². The van der Waals surface area contributed by atoms with E-state index in [4.69, 9.17) is 4.74 Å². The van der Waals surface area contributed by atoms with Crippen molar-refractivity contribution in [2.24, 2.45) is 0 Å². The summed E-state index contributed by atoms with van der Waals surface area (Å²) in [6.07, 6.45) is 5.12. The molecular weight excluding hydrogens is 378 g/mol. The Bertz CT molecular complexity index is 647. The normalized spacial score (nSPS) is 12.9. The third-order valence-electron chi connectivity index (χ3n) is 3.04. The van der Waals surface area contributed by atoms with Gasteiger partial charge in [-0.2, -0.15) is 0 Å². The van der Waals surface area contributed by atoms with Crippen LogP contribution in [0.3, 0.4) is 0 Å². The van der Waals surface area contributed by atoms with Crippen LogP contribution in [0.15, 0.2) is 55.1 Å². The Hall–Kier alpha value is -2.61. The maximum Gasteiger partial charge on any atom is 0.418 e. The van der Waals surface area contributed by atoms with Gasteiger partial charge in [-0.15, -0.1) is 0 Å². The maximum atomic E-state index is 11.9. The molecule has 0 saturated heterocycles. The van der Waals surface area contributed by atoms with Crippen molar-refractivity contribution in [1.29, 1.82) is 0 Å². The van der Waals surface area contributed by atoms with Gasteiger partial charge >= 0.3 is 6.09 Å². The van der Waals surface area contributed by atoms with Crippen molar-refractivity contribution in [2.45, 2.75) is 6.61 Å². The Kier molecular flexibility index (Phi) is 6.56. The zero-order valence-corrected chi connectivity index (χ0v) is 14.3. The first-order valence-electron chi connectivity index (χ1n) is 7.09. The first-order valence-corrected chi connectivity index (χ1v) is 8.22. The third-order valence-corrected chi connectivity index (χ3v) is 3.55. The van der Waals surface area contributed by atoms with Gasteiger partial charge in [0.05, 0.1) is 11.9 Å². The molecule has 0 aliphatic carbocycles. The quantitative estimate of drug-likeness (QED) is 0.775. The molecule has 0 unspecified atom stereocenters. The average molecular weight is 394 g/mol. The Labute approximate surface area is 147 Å². The lowest BCUT2D eigenvalue weighted by atomic mass is 10.2. The molecule has 1 heterocycles. The van der Waals surface area contributed by atoms with Crippen molar-refractivity contribution in [1.82, 2.24) is 15.1 Å². The van der Waals surface area contributed by atoms with Gasteiger partial charge in [-0.3, -0.25) is 19.4 Å². The van der Waals surface area contributed by atoms with Gasteiger partial charge in [-0.1, -0.05) is 46.3 Å². The van der Waals surface area contributed by atoms with Crippen molar-refractivity contribution >= 4 is 33.8 Å². The molecule has 0 radical (unpaired) electrons. The Morgan fingerprint density at radius 2 is 1.62 bits per heavy atom. The van der Waals surface area contributed by atoms with Gasteiger partial charge in [-0.05, 0) is 5.56 Å². The Morgan fingerprint density at radius 3 is 2.25 bits per heavy atom. The number of carbonyl (C=O) groups is 3. The first-order chi connectivity index (χ1) is 11.6. The monoisotopic (exact) mass is 393 g/mol. The molecule has 3 amide bonds. The zero-order valence-electron chi connectivity index (χ0n) is 12.7. The fraction of sp³-hybridized carbons (Fsp3) is 0.188.